The van der Waals surface area contributed by atoms with E-state index in [0.29, 0.717) is 19.3 Å². The van der Waals surface area contributed by atoms with Gasteiger partial charge in [0.25, 0.3) is 0 Å². The van der Waals surface area contributed by atoms with E-state index >= 15 is 0 Å². The van der Waals surface area contributed by atoms with Crippen molar-refractivity contribution in [3.8, 4) is 0 Å². The van der Waals surface area contributed by atoms with Gasteiger partial charge in [-0.3, -0.25) is 9.59 Å². The molecule has 0 unspecified atom stereocenters. The summed E-state index contributed by atoms with van der Waals surface area (Å²) in [6.45, 7) is 2.07. The normalized spacial score (nSPS) is 24.8. The van der Waals surface area contributed by atoms with Crippen LogP contribution in [-0.4, -0.2) is 18.9 Å². The van der Waals surface area contributed by atoms with Gasteiger partial charge in [-0.15, -0.1) is 0 Å². The first kappa shape index (κ1) is 21.4. The van der Waals surface area contributed by atoms with Crippen LogP contribution in [0.2, 0.25) is 10.0 Å². The lowest BCUT2D eigenvalue weighted by Gasteiger charge is -2.36. The number of hydrogen-bond donors (Lipinski definition) is 2. The Labute approximate surface area is 175 Å². The minimum atomic E-state index is -0.548. The molecule has 0 radical (unpaired) electrons. The Balaban J connectivity index is 1.87. The van der Waals surface area contributed by atoms with E-state index in [1.165, 1.54) is 12.1 Å². The molecule has 0 spiro atoms. The lowest BCUT2D eigenvalue weighted by Crippen LogP contribution is -2.41. The van der Waals surface area contributed by atoms with Crippen molar-refractivity contribution in [2.45, 2.75) is 57.9 Å². The molecule has 2 aliphatic carbocycles. The lowest BCUT2D eigenvalue weighted by atomic mass is 9.76. The molecule has 0 aromatic heterocycles. The highest BCUT2D eigenvalue weighted by Crippen LogP contribution is 2.50. The van der Waals surface area contributed by atoms with Gasteiger partial charge in [-0.05, 0) is 49.7 Å². The Kier molecular flexibility index (Phi) is 6.55. The van der Waals surface area contributed by atoms with Gasteiger partial charge in [-0.25, -0.2) is 4.39 Å². The van der Waals surface area contributed by atoms with Crippen molar-refractivity contribution in [3.05, 3.63) is 33.6 Å². The van der Waals surface area contributed by atoms with E-state index < -0.39 is 11.9 Å². The van der Waals surface area contributed by atoms with Crippen molar-refractivity contribution >= 4 is 35.0 Å². The standard InChI is InChI=1S/C21H27Cl2FN2O2/c1-21(9-3-4-10-21)18(16-15(24)8-7-14(22)17(16)23)26-20(28)13-6-5-12(11-13)19(27)25-2/h7-8,12-13,18H,3-6,9-11H2,1-2H3,(H,25,27)(H,26,28)/t12-,13+,18+/m0/s1. The maximum atomic E-state index is 14.8. The van der Waals surface area contributed by atoms with Crippen molar-refractivity contribution in [2.75, 3.05) is 7.05 Å². The summed E-state index contributed by atoms with van der Waals surface area (Å²) in [6, 6.07) is 2.19. The summed E-state index contributed by atoms with van der Waals surface area (Å²) < 4.78 is 14.8. The number of benzene rings is 1. The van der Waals surface area contributed by atoms with Crippen molar-refractivity contribution < 1.29 is 14.0 Å². The zero-order chi connectivity index (χ0) is 20.5. The molecule has 1 aromatic carbocycles. The fourth-order valence-electron chi connectivity index (χ4n) is 4.80. The van der Waals surface area contributed by atoms with Crippen LogP contribution in [0.25, 0.3) is 0 Å². The van der Waals surface area contributed by atoms with Crippen LogP contribution < -0.4 is 10.6 Å². The molecule has 3 rings (SSSR count). The molecule has 0 heterocycles. The third kappa shape index (κ3) is 4.16. The summed E-state index contributed by atoms with van der Waals surface area (Å²) >= 11 is 12.5. The first-order valence-electron chi connectivity index (χ1n) is 9.92. The summed E-state index contributed by atoms with van der Waals surface area (Å²) in [7, 11) is 1.61. The summed E-state index contributed by atoms with van der Waals surface area (Å²) in [6.07, 6.45) is 5.68. The zero-order valence-corrected chi connectivity index (χ0v) is 17.8. The third-order valence-corrected chi connectivity index (χ3v) is 7.34. The first-order chi connectivity index (χ1) is 13.3. The molecule has 28 heavy (non-hydrogen) atoms. The van der Waals surface area contributed by atoms with Gasteiger partial charge in [-0.1, -0.05) is 43.0 Å². The molecule has 7 heteroatoms. The highest BCUT2D eigenvalue weighted by atomic mass is 35.5. The maximum Gasteiger partial charge on any atom is 0.223 e. The predicted molar refractivity (Wildman–Crippen MR) is 109 cm³/mol. The maximum absolute atomic E-state index is 14.8. The van der Waals surface area contributed by atoms with E-state index in [2.05, 4.69) is 17.6 Å². The second-order valence-corrected chi connectivity index (χ2v) is 9.17. The van der Waals surface area contributed by atoms with E-state index in [1.54, 1.807) is 7.05 Å². The van der Waals surface area contributed by atoms with Crippen LogP contribution >= 0.6 is 23.2 Å². The van der Waals surface area contributed by atoms with Crippen LogP contribution in [0.4, 0.5) is 4.39 Å². The van der Waals surface area contributed by atoms with E-state index in [1.807, 2.05) is 0 Å². The molecule has 0 bridgehead atoms. The Hall–Kier alpha value is -1.33. The second kappa shape index (κ2) is 8.58. The second-order valence-electron chi connectivity index (χ2n) is 8.38. The number of nitrogens with one attached hydrogen (secondary N) is 2. The number of rotatable bonds is 5. The van der Waals surface area contributed by atoms with E-state index in [4.69, 9.17) is 23.2 Å². The molecule has 2 N–H and O–H groups in total. The average molecular weight is 429 g/mol. The number of hydrogen-bond acceptors (Lipinski definition) is 2. The Morgan fingerprint density at radius 1 is 1.14 bits per heavy atom. The quantitative estimate of drug-likeness (QED) is 0.645. The summed E-state index contributed by atoms with van der Waals surface area (Å²) in [4.78, 5) is 24.9. The number of carbonyl (C=O) groups excluding carboxylic acids is 2. The van der Waals surface area contributed by atoms with E-state index in [9.17, 15) is 14.0 Å². The summed E-state index contributed by atoms with van der Waals surface area (Å²) in [5.41, 5.74) is -0.0170. The van der Waals surface area contributed by atoms with Crippen molar-refractivity contribution in [1.29, 1.82) is 0 Å². The van der Waals surface area contributed by atoms with Crippen LogP contribution in [-0.2, 0) is 9.59 Å². The smallest absolute Gasteiger partial charge is 0.223 e. The van der Waals surface area contributed by atoms with Crippen LogP contribution in [0.5, 0.6) is 0 Å². The Morgan fingerprint density at radius 3 is 2.36 bits per heavy atom. The highest BCUT2D eigenvalue weighted by molar-refractivity contribution is 6.42. The monoisotopic (exact) mass is 428 g/mol. The molecule has 0 aliphatic heterocycles. The molecule has 0 saturated heterocycles. The molecule has 2 saturated carbocycles. The van der Waals surface area contributed by atoms with Gasteiger partial charge in [0.15, 0.2) is 0 Å². The Bertz CT molecular complexity index is 765. The summed E-state index contributed by atoms with van der Waals surface area (Å²) in [5, 5.41) is 6.18. The molecular weight excluding hydrogens is 402 g/mol. The van der Waals surface area contributed by atoms with Crippen molar-refractivity contribution in [2.24, 2.45) is 17.3 Å². The fraction of sp³-hybridized carbons (Fsp3) is 0.619. The van der Waals surface area contributed by atoms with Gasteiger partial charge in [-0.2, -0.15) is 0 Å². The molecule has 1 aromatic rings. The number of carbonyl (C=O) groups is 2. The van der Waals surface area contributed by atoms with Gasteiger partial charge < -0.3 is 10.6 Å². The molecule has 3 atom stereocenters. The minimum Gasteiger partial charge on any atom is -0.359 e. The van der Waals surface area contributed by atoms with Gasteiger partial charge >= 0.3 is 0 Å². The van der Waals surface area contributed by atoms with Crippen molar-refractivity contribution in [1.82, 2.24) is 10.6 Å². The number of amides is 2. The predicted octanol–water partition coefficient (Wildman–Crippen LogP) is 5.03. The topological polar surface area (TPSA) is 58.2 Å². The summed E-state index contributed by atoms with van der Waals surface area (Å²) in [5.74, 6) is -1.02. The molecule has 2 amide bonds. The number of halogens is 3. The van der Waals surface area contributed by atoms with Crippen molar-refractivity contribution in [3.63, 3.8) is 0 Å². The fourth-order valence-corrected chi connectivity index (χ4v) is 5.22. The lowest BCUT2D eigenvalue weighted by molar-refractivity contribution is -0.127. The minimum absolute atomic E-state index is 0.0291. The van der Waals surface area contributed by atoms with Gasteiger partial charge in [0.1, 0.15) is 5.82 Å². The van der Waals surface area contributed by atoms with E-state index in [0.717, 1.165) is 25.7 Å². The van der Waals surface area contributed by atoms with Gasteiger partial charge in [0, 0.05) is 24.4 Å². The largest absolute Gasteiger partial charge is 0.359 e. The van der Waals surface area contributed by atoms with E-state index in [-0.39, 0.29) is 44.7 Å². The highest BCUT2D eigenvalue weighted by Gasteiger charge is 2.43. The molecule has 4 nitrogen and oxygen atoms in total. The molecule has 2 aliphatic rings. The Morgan fingerprint density at radius 2 is 1.75 bits per heavy atom. The molecular formula is C21H27Cl2FN2O2. The first-order valence-corrected chi connectivity index (χ1v) is 10.7. The van der Waals surface area contributed by atoms with Gasteiger partial charge in [0.05, 0.1) is 16.1 Å². The average Bonchev–Trinajstić information content (AvgIpc) is 3.33. The molecule has 2 fully saturated rings. The van der Waals surface area contributed by atoms with Crippen LogP contribution in [0, 0.1) is 23.1 Å². The van der Waals surface area contributed by atoms with Crippen LogP contribution in [0.3, 0.4) is 0 Å². The third-order valence-electron chi connectivity index (χ3n) is 6.52. The van der Waals surface area contributed by atoms with Gasteiger partial charge in [0.2, 0.25) is 11.8 Å². The molecule has 154 valence electrons. The van der Waals surface area contributed by atoms with Crippen LogP contribution in [0.1, 0.15) is 63.5 Å². The SMILES string of the molecule is CNC(=O)[C@H]1CC[C@@H](C(=O)N[C@H](c2c(F)ccc(Cl)c2Cl)C2(C)CCCC2)C1. The zero-order valence-electron chi connectivity index (χ0n) is 16.3. The van der Waals surface area contributed by atoms with Crippen LogP contribution in [0.15, 0.2) is 12.1 Å².